The van der Waals surface area contributed by atoms with E-state index in [2.05, 4.69) is 79.9 Å². The molecule has 0 spiro atoms. The Balaban J connectivity index is 3.95. The molecule has 0 saturated heterocycles. The van der Waals surface area contributed by atoms with Crippen molar-refractivity contribution in [2.45, 2.75) is 386 Å². The lowest BCUT2D eigenvalue weighted by Gasteiger charge is -2.26. The van der Waals surface area contributed by atoms with Gasteiger partial charge in [0.2, 0.25) is 5.91 Å². The number of hydrogen-bond acceptors (Lipinski definition) is 5. The fraction of sp³-hybridized carbons (Fsp3) is 0.857. The van der Waals surface area contributed by atoms with E-state index in [1.165, 1.54) is 276 Å². The number of phosphoric acid groups is 1. The highest BCUT2D eigenvalue weighted by atomic mass is 31.2. The number of likely N-dealkylation sites (N-methyl/N-ethyl adjacent to an activating group) is 1. The highest BCUT2D eigenvalue weighted by Gasteiger charge is 2.28. The summed E-state index contributed by atoms with van der Waals surface area (Å²) in [5.41, 5.74) is 0. The number of quaternary nitrogens is 1. The van der Waals surface area contributed by atoms with Gasteiger partial charge in [-0.3, -0.25) is 13.8 Å². The van der Waals surface area contributed by atoms with Gasteiger partial charge >= 0.3 is 7.82 Å². The van der Waals surface area contributed by atoms with Gasteiger partial charge in [0.1, 0.15) is 13.2 Å². The van der Waals surface area contributed by atoms with E-state index in [9.17, 15) is 19.4 Å². The summed E-state index contributed by atoms with van der Waals surface area (Å²) in [5.74, 6) is -0.137. The average Bonchev–Trinajstić information content (AvgIpc) is 3.70. The highest BCUT2D eigenvalue weighted by molar-refractivity contribution is 7.47. The Morgan fingerprint density at radius 1 is 0.407 bits per heavy atom. The maximum atomic E-state index is 13.1. The molecule has 0 aromatic heterocycles. The molecule has 0 heterocycles. The molecule has 0 aromatic rings. The van der Waals surface area contributed by atoms with E-state index in [4.69, 9.17) is 9.05 Å². The maximum absolute atomic E-state index is 13.1. The number of carbonyl (C=O) groups is 1. The predicted octanol–water partition coefficient (Wildman–Crippen LogP) is 24.3. The number of rotatable bonds is 70. The molecule has 0 bridgehead atoms. The normalized spacial score (nSPS) is 13.9. The van der Waals surface area contributed by atoms with Crippen molar-refractivity contribution in [2.24, 2.45) is 0 Å². The molecule has 0 aromatic carbocycles. The zero-order valence-corrected chi connectivity index (χ0v) is 59.0. The molecule has 1 amide bonds. The Kier molecular flexibility index (Phi) is 66.2. The Morgan fingerprint density at radius 3 is 1.02 bits per heavy atom. The zero-order chi connectivity index (χ0) is 62.6. The molecule has 0 fully saturated rings. The number of allylic oxidation sites excluding steroid dienone is 10. The molecular formula is C77H148N2O6P+. The highest BCUT2D eigenvalue weighted by Crippen LogP contribution is 2.43. The largest absolute Gasteiger partial charge is 0.472 e. The van der Waals surface area contributed by atoms with Crippen LogP contribution in [0.1, 0.15) is 373 Å². The molecule has 3 atom stereocenters. The number of carbonyl (C=O) groups excluding carboxylic acids is 1. The van der Waals surface area contributed by atoms with Gasteiger partial charge < -0.3 is 19.8 Å². The third-order valence-electron chi connectivity index (χ3n) is 17.3. The number of aliphatic hydroxyl groups is 1. The van der Waals surface area contributed by atoms with Crippen LogP contribution in [0.4, 0.5) is 0 Å². The Bertz CT molecular complexity index is 1590. The minimum Gasteiger partial charge on any atom is -0.391 e. The van der Waals surface area contributed by atoms with E-state index >= 15 is 0 Å². The average molecular weight is 1230 g/mol. The van der Waals surface area contributed by atoms with Crippen molar-refractivity contribution in [3.63, 3.8) is 0 Å². The van der Waals surface area contributed by atoms with Crippen molar-refractivity contribution < 1.29 is 32.9 Å². The topological polar surface area (TPSA) is 105 Å². The molecular weight excluding hydrogens is 1080 g/mol. The van der Waals surface area contributed by atoms with E-state index in [0.717, 1.165) is 70.6 Å². The lowest BCUT2D eigenvalue weighted by molar-refractivity contribution is -0.870. The molecule has 0 rings (SSSR count). The van der Waals surface area contributed by atoms with Crippen molar-refractivity contribution in [1.29, 1.82) is 0 Å². The van der Waals surface area contributed by atoms with Crippen molar-refractivity contribution in [1.82, 2.24) is 5.32 Å². The van der Waals surface area contributed by atoms with Crippen LogP contribution >= 0.6 is 7.82 Å². The first-order valence-corrected chi connectivity index (χ1v) is 39.1. The van der Waals surface area contributed by atoms with Crippen LogP contribution in [-0.2, 0) is 18.4 Å². The fourth-order valence-corrected chi connectivity index (χ4v) is 12.2. The number of aliphatic hydroxyl groups excluding tert-OH is 1. The van der Waals surface area contributed by atoms with Crippen LogP contribution < -0.4 is 5.32 Å². The summed E-state index contributed by atoms with van der Waals surface area (Å²) in [6.07, 6.45) is 93.5. The quantitative estimate of drug-likeness (QED) is 0.0243. The summed E-state index contributed by atoms with van der Waals surface area (Å²) in [4.78, 5) is 23.5. The summed E-state index contributed by atoms with van der Waals surface area (Å²) in [6.45, 7) is 4.83. The molecule has 0 aliphatic rings. The van der Waals surface area contributed by atoms with Gasteiger partial charge in [0.05, 0.1) is 39.9 Å². The third kappa shape index (κ3) is 69.7. The first-order chi connectivity index (χ1) is 42.0. The van der Waals surface area contributed by atoms with Crippen LogP contribution in [0.25, 0.3) is 0 Å². The van der Waals surface area contributed by atoms with Crippen molar-refractivity contribution >= 4 is 13.7 Å². The van der Waals surface area contributed by atoms with E-state index in [-0.39, 0.29) is 19.1 Å². The maximum Gasteiger partial charge on any atom is 0.472 e. The van der Waals surface area contributed by atoms with E-state index < -0.39 is 20.0 Å². The Labute approximate surface area is 536 Å². The van der Waals surface area contributed by atoms with Crippen LogP contribution in [0.5, 0.6) is 0 Å². The van der Waals surface area contributed by atoms with Gasteiger partial charge in [0.15, 0.2) is 0 Å². The molecule has 0 aliphatic heterocycles. The van der Waals surface area contributed by atoms with Gasteiger partial charge in [-0.25, -0.2) is 4.57 Å². The zero-order valence-electron chi connectivity index (χ0n) is 58.1. The summed E-state index contributed by atoms with van der Waals surface area (Å²) in [5, 5.41) is 14.2. The number of nitrogens with zero attached hydrogens (tertiary/aromatic N) is 1. The molecule has 0 radical (unpaired) electrons. The summed E-state index contributed by atoms with van der Waals surface area (Å²) in [6, 6.07) is -0.762. The molecule has 0 aliphatic carbocycles. The van der Waals surface area contributed by atoms with Crippen LogP contribution in [0.15, 0.2) is 60.8 Å². The molecule has 9 heteroatoms. The van der Waals surface area contributed by atoms with Crippen LogP contribution in [0, 0.1) is 0 Å². The molecule has 0 saturated carbocycles. The van der Waals surface area contributed by atoms with Gasteiger partial charge in [-0.05, 0) is 57.8 Å². The first kappa shape index (κ1) is 84.2. The number of nitrogens with one attached hydrogen (secondary N) is 1. The summed E-state index contributed by atoms with van der Waals surface area (Å²) < 4.78 is 23.9. The minimum absolute atomic E-state index is 0.0761. The minimum atomic E-state index is -4.33. The van der Waals surface area contributed by atoms with E-state index in [1.807, 2.05) is 21.1 Å². The van der Waals surface area contributed by atoms with Crippen molar-refractivity contribution in [2.75, 3.05) is 40.9 Å². The summed E-state index contributed by atoms with van der Waals surface area (Å²) >= 11 is 0. The Morgan fingerprint density at radius 2 is 0.698 bits per heavy atom. The van der Waals surface area contributed by atoms with E-state index in [1.54, 1.807) is 0 Å². The van der Waals surface area contributed by atoms with Gasteiger partial charge in [-0.1, -0.05) is 370 Å². The molecule has 506 valence electrons. The second-order valence-corrected chi connectivity index (χ2v) is 28.5. The van der Waals surface area contributed by atoms with E-state index in [0.29, 0.717) is 23.9 Å². The molecule has 3 unspecified atom stereocenters. The smallest absolute Gasteiger partial charge is 0.391 e. The number of phosphoric ester groups is 1. The SMILES string of the molecule is CC/C=C\C/C=C\C/C=C\C/C=C\C/C=C\CCCCCCCCCCCCCCCCCCCCCCCC(=O)NC(COP(=O)(O)OCC[N+](C)(C)C)C(O)CCCCCCCCCCCCCCCCCCCCCCCCCCCCC. The lowest BCUT2D eigenvalue weighted by atomic mass is 10.0. The standard InChI is InChI=1S/C77H147N2O6P/c1-6-8-10-12-14-16-18-20-22-24-26-28-30-32-34-35-36-37-38-39-40-41-42-43-45-47-49-51-53-55-57-59-61-63-65-67-69-71-77(81)78-75(74-85-86(82,83)84-73-72-79(3,4)5)76(80)70-68-66-64-62-60-58-56-54-52-50-48-46-44-33-31-29-27-25-23-21-19-17-15-13-11-9-7-2/h8,10,14,16,20,22,26,28,32,34,75-76,80H,6-7,9,11-13,15,17-19,21,23-25,27,29-31,33,35-74H2,1-5H3,(H-,78,81,82,83)/p+1/b10-8-,16-14-,22-20-,28-26-,34-32-. The third-order valence-corrected chi connectivity index (χ3v) is 18.3. The second kappa shape index (κ2) is 67.6. The molecule has 3 N–H and O–H groups in total. The van der Waals surface area contributed by atoms with Gasteiger partial charge in [0, 0.05) is 6.42 Å². The fourth-order valence-electron chi connectivity index (χ4n) is 11.5. The van der Waals surface area contributed by atoms with Gasteiger partial charge in [-0.2, -0.15) is 0 Å². The number of unbranched alkanes of at least 4 members (excludes halogenated alkanes) is 47. The van der Waals surface area contributed by atoms with Gasteiger partial charge in [-0.15, -0.1) is 0 Å². The Hall–Kier alpha value is -1.80. The monoisotopic (exact) mass is 1230 g/mol. The molecule has 8 nitrogen and oxygen atoms in total. The summed E-state index contributed by atoms with van der Waals surface area (Å²) in [7, 11) is 1.63. The number of hydrogen-bond donors (Lipinski definition) is 3. The lowest BCUT2D eigenvalue weighted by Crippen LogP contribution is -2.46. The molecule has 86 heavy (non-hydrogen) atoms. The van der Waals surface area contributed by atoms with Crippen molar-refractivity contribution in [3.8, 4) is 0 Å². The van der Waals surface area contributed by atoms with Crippen LogP contribution in [0.3, 0.4) is 0 Å². The van der Waals surface area contributed by atoms with Crippen LogP contribution in [0.2, 0.25) is 0 Å². The number of amides is 1. The van der Waals surface area contributed by atoms with Crippen LogP contribution in [-0.4, -0.2) is 73.4 Å². The van der Waals surface area contributed by atoms with Crippen molar-refractivity contribution in [3.05, 3.63) is 60.8 Å². The first-order valence-electron chi connectivity index (χ1n) is 37.7. The second-order valence-electron chi connectivity index (χ2n) is 27.0. The van der Waals surface area contributed by atoms with Gasteiger partial charge in [0.25, 0.3) is 0 Å². The predicted molar refractivity (Wildman–Crippen MR) is 378 cm³/mol.